The smallest absolute Gasteiger partial charge is 0.277 e. The van der Waals surface area contributed by atoms with E-state index in [1.54, 1.807) is 89.1 Å². The maximum Gasteiger partial charge on any atom is 0.277 e. The average molecular weight is 551 g/mol. The van der Waals surface area contributed by atoms with Crippen molar-refractivity contribution < 1.29 is 38.0 Å². The minimum Gasteiger partial charge on any atom is -0.497 e. The Morgan fingerprint density at radius 3 is 1.30 bits per heavy atom. The summed E-state index contributed by atoms with van der Waals surface area (Å²) in [5, 5.41) is 7.85. The number of rotatable bonds is 14. The molecule has 0 unspecified atom stereocenters. The number of amides is 2. The molecule has 0 aliphatic carbocycles. The number of nitrogens with zero attached hydrogens (tertiary/aromatic N) is 2. The lowest BCUT2D eigenvalue weighted by molar-refractivity contribution is -0.123. The van der Waals surface area contributed by atoms with Gasteiger partial charge in [0.1, 0.15) is 34.5 Å². The molecule has 0 atom stereocenters. The lowest BCUT2D eigenvalue weighted by Gasteiger charge is -2.09. The predicted octanol–water partition coefficient (Wildman–Crippen LogP) is 2.78. The van der Waals surface area contributed by atoms with E-state index in [1.165, 1.54) is 12.4 Å². The standard InChI is InChI=1S/C28H30N4O8/c1-35-23-8-19(9-24(13-23)36-2)15-29-31-27(33)17-39-21-6-5-7-22(12-21)40-18-28(34)32-30-16-20-10-25(37-3)14-26(11-20)38-4/h5-16H,17-18H2,1-4H3,(H,31,33)(H,32,34)/b29-15+,30-16+. The number of ether oxygens (including phenoxy) is 6. The molecular formula is C28H30N4O8. The van der Waals surface area contributed by atoms with Gasteiger partial charge in [-0.2, -0.15) is 10.2 Å². The van der Waals surface area contributed by atoms with Crippen molar-refractivity contribution >= 4 is 24.2 Å². The number of hydrogen-bond acceptors (Lipinski definition) is 10. The van der Waals surface area contributed by atoms with E-state index in [9.17, 15) is 9.59 Å². The number of carbonyl (C=O) groups excluding carboxylic acids is 2. The van der Waals surface area contributed by atoms with Gasteiger partial charge in [0, 0.05) is 29.3 Å². The van der Waals surface area contributed by atoms with Gasteiger partial charge in [-0.15, -0.1) is 0 Å². The lowest BCUT2D eigenvalue weighted by Crippen LogP contribution is -2.25. The number of hydrazone groups is 2. The first-order valence-corrected chi connectivity index (χ1v) is 11.9. The van der Waals surface area contributed by atoms with Gasteiger partial charge in [0.05, 0.1) is 40.9 Å². The van der Waals surface area contributed by atoms with Crippen LogP contribution in [0.1, 0.15) is 11.1 Å². The fourth-order valence-electron chi connectivity index (χ4n) is 3.18. The van der Waals surface area contributed by atoms with Crippen molar-refractivity contribution in [2.75, 3.05) is 41.7 Å². The summed E-state index contributed by atoms with van der Waals surface area (Å²) in [6.45, 7) is -0.570. The average Bonchev–Trinajstić information content (AvgIpc) is 2.98. The minimum atomic E-state index is -0.469. The number of nitrogens with one attached hydrogen (secondary N) is 2. The summed E-state index contributed by atoms with van der Waals surface area (Å²) in [4.78, 5) is 24.2. The van der Waals surface area contributed by atoms with Crippen LogP contribution in [0, 0.1) is 0 Å². The summed E-state index contributed by atoms with van der Waals surface area (Å²) in [7, 11) is 6.17. The third-order valence-electron chi connectivity index (χ3n) is 5.10. The maximum atomic E-state index is 12.1. The topological polar surface area (TPSA) is 138 Å². The van der Waals surface area contributed by atoms with Crippen LogP contribution in [-0.4, -0.2) is 65.9 Å². The highest BCUT2D eigenvalue weighted by Crippen LogP contribution is 2.22. The Hall–Kier alpha value is -5.26. The van der Waals surface area contributed by atoms with Crippen LogP contribution in [-0.2, 0) is 9.59 Å². The van der Waals surface area contributed by atoms with Crippen LogP contribution < -0.4 is 39.3 Å². The highest BCUT2D eigenvalue weighted by Gasteiger charge is 2.06. The van der Waals surface area contributed by atoms with Crippen LogP contribution in [0.3, 0.4) is 0 Å². The quantitative estimate of drug-likeness (QED) is 0.231. The molecular weight excluding hydrogens is 520 g/mol. The molecule has 210 valence electrons. The summed E-state index contributed by atoms with van der Waals surface area (Å²) in [6.07, 6.45) is 2.92. The lowest BCUT2D eigenvalue weighted by atomic mass is 10.2. The molecule has 0 bridgehead atoms. The van der Waals surface area contributed by atoms with Crippen molar-refractivity contribution in [3.63, 3.8) is 0 Å². The summed E-state index contributed by atoms with van der Waals surface area (Å²) < 4.78 is 31.8. The van der Waals surface area contributed by atoms with Crippen LogP contribution in [0.5, 0.6) is 34.5 Å². The molecule has 0 heterocycles. The molecule has 0 aromatic heterocycles. The number of carbonyl (C=O) groups is 2. The molecule has 0 fully saturated rings. The van der Waals surface area contributed by atoms with E-state index in [2.05, 4.69) is 21.1 Å². The molecule has 0 saturated heterocycles. The summed E-state index contributed by atoms with van der Waals surface area (Å²) in [5.41, 5.74) is 6.13. The van der Waals surface area contributed by atoms with Gasteiger partial charge in [0.25, 0.3) is 11.8 Å². The first kappa shape index (κ1) is 29.3. The molecule has 0 radical (unpaired) electrons. The van der Waals surface area contributed by atoms with Crippen LogP contribution in [0.15, 0.2) is 70.9 Å². The number of methoxy groups -OCH3 is 4. The van der Waals surface area contributed by atoms with Gasteiger partial charge in [-0.25, -0.2) is 10.9 Å². The largest absolute Gasteiger partial charge is 0.497 e. The molecule has 0 spiro atoms. The molecule has 2 amide bonds. The van der Waals surface area contributed by atoms with Crippen LogP contribution in [0.25, 0.3) is 0 Å². The Kier molecular flexibility index (Phi) is 11.2. The van der Waals surface area contributed by atoms with Gasteiger partial charge in [-0.1, -0.05) is 6.07 Å². The summed E-state index contributed by atoms with van der Waals surface area (Å²) in [6, 6.07) is 16.9. The molecule has 12 heteroatoms. The van der Waals surface area contributed by atoms with Crippen molar-refractivity contribution in [1.29, 1.82) is 0 Å². The Bertz CT molecular complexity index is 1220. The van der Waals surface area contributed by atoms with Gasteiger partial charge in [-0.05, 0) is 36.4 Å². The number of benzene rings is 3. The van der Waals surface area contributed by atoms with E-state index >= 15 is 0 Å². The Balaban J connectivity index is 1.43. The molecule has 12 nitrogen and oxygen atoms in total. The third kappa shape index (κ3) is 9.56. The molecule has 0 saturated carbocycles. The first-order valence-electron chi connectivity index (χ1n) is 11.9. The Labute approximate surface area is 231 Å². The number of hydrogen-bond donors (Lipinski definition) is 2. The zero-order chi connectivity index (χ0) is 28.7. The van der Waals surface area contributed by atoms with Crippen molar-refractivity contribution in [1.82, 2.24) is 10.9 Å². The second-order valence-electron chi connectivity index (χ2n) is 7.93. The second-order valence-corrected chi connectivity index (χ2v) is 7.93. The molecule has 3 aromatic carbocycles. The van der Waals surface area contributed by atoms with Crippen molar-refractivity contribution in [2.45, 2.75) is 0 Å². The molecule has 40 heavy (non-hydrogen) atoms. The highest BCUT2D eigenvalue weighted by atomic mass is 16.5. The van der Waals surface area contributed by atoms with Crippen molar-refractivity contribution in [3.8, 4) is 34.5 Å². The second kappa shape index (κ2) is 15.2. The molecule has 3 aromatic rings. The van der Waals surface area contributed by atoms with Gasteiger partial charge < -0.3 is 28.4 Å². The maximum absolute atomic E-state index is 12.1. The third-order valence-corrected chi connectivity index (χ3v) is 5.10. The van der Waals surface area contributed by atoms with E-state index in [1.807, 2.05) is 0 Å². The normalized spacial score (nSPS) is 10.7. The zero-order valence-corrected chi connectivity index (χ0v) is 22.5. The van der Waals surface area contributed by atoms with Gasteiger partial charge in [-0.3, -0.25) is 9.59 Å². The minimum absolute atomic E-state index is 0.285. The fourth-order valence-corrected chi connectivity index (χ4v) is 3.18. The van der Waals surface area contributed by atoms with Crippen LogP contribution in [0.4, 0.5) is 0 Å². The van der Waals surface area contributed by atoms with Crippen LogP contribution in [0.2, 0.25) is 0 Å². The highest BCUT2D eigenvalue weighted by molar-refractivity contribution is 5.84. The van der Waals surface area contributed by atoms with E-state index < -0.39 is 11.8 Å². The van der Waals surface area contributed by atoms with Crippen molar-refractivity contribution in [2.24, 2.45) is 10.2 Å². The van der Waals surface area contributed by atoms with E-state index in [-0.39, 0.29) is 13.2 Å². The van der Waals surface area contributed by atoms with Gasteiger partial charge >= 0.3 is 0 Å². The fraction of sp³-hybridized carbons (Fsp3) is 0.214. The summed E-state index contributed by atoms with van der Waals surface area (Å²) in [5.74, 6) is 2.19. The molecule has 3 rings (SSSR count). The molecule has 0 aliphatic heterocycles. The summed E-state index contributed by atoms with van der Waals surface area (Å²) >= 11 is 0. The predicted molar refractivity (Wildman–Crippen MR) is 148 cm³/mol. The Morgan fingerprint density at radius 2 is 0.950 bits per heavy atom. The van der Waals surface area contributed by atoms with E-state index in [0.717, 1.165) is 0 Å². The van der Waals surface area contributed by atoms with E-state index in [4.69, 9.17) is 28.4 Å². The van der Waals surface area contributed by atoms with Crippen molar-refractivity contribution in [3.05, 3.63) is 71.8 Å². The van der Waals surface area contributed by atoms with Gasteiger partial charge in [0.2, 0.25) is 0 Å². The van der Waals surface area contributed by atoms with Gasteiger partial charge in [0.15, 0.2) is 13.2 Å². The first-order chi connectivity index (χ1) is 19.4. The monoisotopic (exact) mass is 550 g/mol. The van der Waals surface area contributed by atoms with E-state index in [0.29, 0.717) is 45.6 Å². The zero-order valence-electron chi connectivity index (χ0n) is 22.5. The Morgan fingerprint density at radius 1 is 0.600 bits per heavy atom. The SMILES string of the molecule is COc1cc(/C=N/NC(=O)COc2cccc(OCC(=O)N/N=C/c3cc(OC)cc(OC)c3)c2)cc(OC)c1. The molecule has 0 aliphatic rings. The van der Waals surface area contributed by atoms with Crippen LogP contribution >= 0.6 is 0 Å². The molecule has 2 N–H and O–H groups in total.